The van der Waals surface area contributed by atoms with E-state index in [0.717, 1.165) is 24.2 Å². The molecule has 1 atom stereocenters. The highest BCUT2D eigenvalue weighted by Crippen LogP contribution is 2.27. The molecule has 2 aliphatic rings. The minimum absolute atomic E-state index is 0.0990. The lowest BCUT2D eigenvalue weighted by Gasteiger charge is -2.29. The van der Waals surface area contributed by atoms with Gasteiger partial charge in [0.1, 0.15) is 7.11 Å². The number of nitrogens with zero attached hydrogens (tertiary/aromatic N) is 2. The van der Waals surface area contributed by atoms with Crippen molar-refractivity contribution < 1.29 is 4.84 Å². The average molecular weight is 306 g/mol. The number of nitrogens with one attached hydrogen (secondary N) is 2. The molecular formula is C16H26N4O2. The third-order valence-electron chi connectivity index (χ3n) is 4.96. The summed E-state index contributed by atoms with van der Waals surface area (Å²) in [5.41, 5.74) is 1.53. The first kappa shape index (κ1) is 15.3. The van der Waals surface area contributed by atoms with Gasteiger partial charge in [-0.1, -0.05) is 19.3 Å². The van der Waals surface area contributed by atoms with E-state index in [4.69, 9.17) is 4.84 Å². The van der Waals surface area contributed by atoms with Gasteiger partial charge < -0.3 is 15.5 Å². The van der Waals surface area contributed by atoms with Gasteiger partial charge >= 0.3 is 0 Å². The fourth-order valence-corrected chi connectivity index (χ4v) is 3.60. The van der Waals surface area contributed by atoms with E-state index in [-0.39, 0.29) is 5.56 Å². The molecule has 0 saturated heterocycles. The summed E-state index contributed by atoms with van der Waals surface area (Å²) < 4.78 is 1.30. The Kier molecular flexibility index (Phi) is 4.66. The Morgan fingerprint density at radius 1 is 1.36 bits per heavy atom. The van der Waals surface area contributed by atoms with Gasteiger partial charge in [-0.3, -0.25) is 4.79 Å². The number of hydrogen-bond donors (Lipinski definition) is 2. The van der Waals surface area contributed by atoms with Crippen LogP contribution in [0, 0.1) is 5.92 Å². The van der Waals surface area contributed by atoms with Gasteiger partial charge in [-0.15, -0.1) is 4.73 Å². The molecule has 0 bridgehead atoms. The largest absolute Gasteiger partial charge is 0.411 e. The van der Waals surface area contributed by atoms with Crippen molar-refractivity contribution in [3.05, 3.63) is 21.6 Å². The number of anilines is 1. The minimum Gasteiger partial charge on any atom is -0.411 e. The second-order valence-corrected chi connectivity index (χ2v) is 6.40. The fourth-order valence-electron chi connectivity index (χ4n) is 3.60. The molecule has 1 fully saturated rings. The van der Waals surface area contributed by atoms with Gasteiger partial charge in [-0.25, -0.2) is 4.98 Å². The lowest BCUT2D eigenvalue weighted by atomic mass is 9.85. The third kappa shape index (κ3) is 2.97. The van der Waals surface area contributed by atoms with Crippen LogP contribution in [0.2, 0.25) is 0 Å². The lowest BCUT2D eigenvalue weighted by Crippen LogP contribution is -2.40. The summed E-state index contributed by atoms with van der Waals surface area (Å²) in [6.07, 6.45) is 7.24. The summed E-state index contributed by atoms with van der Waals surface area (Å²) in [6.45, 7) is 3.63. The maximum Gasteiger partial charge on any atom is 0.292 e. The molecule has 3 rings (SSSR count). The van der Waals surface area contributed by atoms with Crippen LogP contribution in [-0.4, -0.2) is 29.4 Å². The molecule has 1 aromatic rings. The van der Waals surface area contributed by atoms with E-state index in [1.165, 1.54) is 43.9 Å². The molecule has 1 aliphatic heterocycles. The first-order valence-electron chi connectivity index (χ1n) is 8.37. The van der Waals surface area contributed by atoms with Crippen LogP contribution < -0.4 is 21.0 Å². The molecule has 0 unspecified atom stereocenters. The van der Waals surface area contributed by atoms with Gasteiger partial charge in [0, 0.05) is 25.6 Å². The normalized spacial score (nSPS) is 20.3. The third-order valence-corrected chi connectivity index (χ3v) is 4.96. The second kappa shape index (κ2) is 6.69. The van der Waals surface area contributed by atoms with Crippen LogP contribution in [-0.2, 0) is 13.0 Å². The summed E-state index contributed by atoms with van der Waals surface area (Å²) in [5.74, 6) is 1.19. The molecule has 2 heterocycles. The Balaban J connectivity index is 1.86. The van der Waals surface area contributed by atoms with Crippen molar-refractivity contribution in [2.24, 2.45) is 5.92 Å². The van der Waals surface area contributed by atoms with E-state index >= 15 is 0 Å². The highest BCUT2D eigenvalue weighted by atomic mass is 16.7. The highest BCUT2D eigenvalue weighted by molar-refractivity contribution is 5.33. The minimum atomic E-state index is -0.0990. The van der Waals surface area contributed by atoms with Crippen LogP contribution >= 0.6 is 0 Å². The monoisotopic (exact) mass is 306 g/mol. The highest BCUT2D eigenvalue weighted by Gasteiger charge is 2.24. The Morgan fingerprint density at radius 3 is 2.86 bits per heavy atom. The summed E-state index contributed by atoms with van der Waals surface area (Å²) in [5, 5.41) is 6.64. The van der Waals surface area contributed by atoms with Crippen LogP contribution in [0.15, 0.2) is 4.79 Å². The molecule has 1 saturated carbocycles. The van der Waals surface area contributed by atoms with Crippen molar-refractivity contribution in [3.63, 3.8) is 0 Å². The van der Waals surface area contributed by atoms with Crippen LogP contribution in [0.3, 0.4) is 0 Å². The zero-order chi connectivity index (χ0) is 15.5. The Bertz CT molecular complexity index is 578. The Hall–Kier alpha value is -1.56. The van der Waals surface area contributed by atoms with Gasteiger partial charge in [-0.2, -0.15) is 0 Å². The van der Waals surface area contributed by atoms with Gasteiger partial charge in [0.2, 0.25) is 5.95 Å². The predicted molar refractivity (Wildman–Crippen MR) is 86.1 cm³/mol. The molecular weight excluding hydrogens is 280 g/mol. The predicted octanol–water partition coefficient (Wildman–Crippen LogP) is 1.33. The van der Waals surface area contributed by atoms with E-state index in [1.54, 1.807) is 0 Å². The van der Waals surface area contributed by atoms with E-state index in [1.807, 2.05) is 0 Å². The van der Waals surface area contributed by atoms with Crippen molar-refractivity contribution in [2.45, 2.75) is 58.0 Å². The zero-order valence-electron chi connectivity index (χ0n) is 13.5. The van der Waals surface area contributed by atoms with Gasteiger partial charge in [0.05, 0.1) is 11.3 Å². The summed E-state index contributed by atoms with van der Waals surface area (Å²) in [7, 11) is 1.52. The van der Waals surface area contributed by atoms with Crippen molar-refractivity contribution >= 4 is 5.95 Å². The topological polar surface area (TPSA) is 68.2 Å². The van der Waals surface area contributed by atoms with E-state index in [0.29, 0.717) is 24.5 Å². The number of aromatic nitrogens is 2. The van der Waals surface area contributed by atoms with Crippen molar-refractivity contribution in [1.29, 1.82) is 0 Å². The standard InChI is InChI=1S/C16H26N4O2/c1-11(12-6-4-3-5-7-12)18-16-19-14-8-9-17-10-13(14)15(21)20(16)22-2/h11-12,17H,3-10H2,1-2H3,(H,18,19)/t11-/m0/s1. The van der Waals surface area contributed by atoms with E-state index in [2.05, 4.69) is 22.5 Å². The van der Waals surface area contributed by atoms with Crippen molar-refractivity contribution in [3.8, 4) is 0 Å². The van der Waals surface area contributed by atoms with Crippen LogP contribution in [0.5, 0.6) is 0 Å². The van der Waals surface area contributed by atoms with Gasteiger partial charge in [0.25, 0.3) is 5.56 Å². The molecule has 1 aromatic heterocycles. The van der Waals surface area contributed by atoms with E-state index in [9.17, 15) is 4.79 Å². The van der Waals surface area contributed by atoms with Crippen LogP contribution in [0.4, 0.5) is 5.95 Å². The Labute approximate surface area is 131 Å². The molecule has 0 amide bonds. The van der Waals surface area contributed by atoms with Crippen LogP contribution in [0.1, 0.15) is 50.3 Å². The van der Waals surface area contributed by atoms with Crippen molar-refractivity contribution in [1.82, 2.24) is 15.0 Å². The summed E-state index contributed by atoms with van der Waals surface area (Å²) >= 11 is 0. The summed E-state index contributed by atoms with van der Waals surface area (Å²) in [6, 6.07) is 0.299. The number of rotatable bonds is 4. The number of hydrogen-bond acceptors (Lipinski definition) is 5. The average Bonchev–Trinajstić information content (AvgIpc) is 2.56. The quantitative estimate of drug-likeness (QED) is 0.878. The smallest absolute Gasteiger partial charge is 0.292 e. The number of fused-ring (bicyclic) bond motifs is 1. The molecule has 122 valence electrons. The summed E-state index contributed by atoms with van der Waals surface area (Å²) in [4.78, 5) is 22.5. The van der Waals surface area contributed by atoms with Gasteiger partial charge in [0.15, 0.2) is 0 Å². The molecule has 6 nitrogen and oxygen atoms in total. The molecule has 2 N–H and O–H groups in total. The molecule has 0 spiro atoms. The second-order valence-electron chi connectivity index (χ2n) is 6.40. The van der Waals surface area contributed by atoms with Crippen LogP contribution in [0.25, 0.3) is 0 Å². The van der Waals surface area contributed by atoms with Gasteiger partial charge in [-0.05, 0) is 25.7 Å². The maximum atomic E-state index is 12.5. The molecule has 1 aliphatic carbocycles. The first-order valence-corrected chi connectivity index (χ1v) is 8.37. The van der Waals surface area contributed by atoms with Crippen molar-refractivity contribution in [2.75, 3.05) is 19.0 Å². The Morgan fingerprint density at radius 2 is 2.14 bits per heavy atom. The SMILES string of the molecule is COn1c(N[C@@H](C)C2CCCCC2)nc2c(c1=O)CNCC2. The molecule has 0 aromatic carbocycles. The molecule has 6 heteroatoms. The molecule has 22 heavy (non-hydrogen) atoms. The van der Waals surface area contributed by atoms with E-state index < -0.39 is 0 Å². The fraction of sp³-hybridized carbons (Fsp3) is 0.750. The zero-order valence-corrected chi connectivity index (χ0v) is 13.5. The first-order chi connectivity index (χ1) is 10.7. The molecule has 0 radical (unpaired) electrons. The maximum absolute atomic E-state index is 12.5. The lowest BCUT2D eigenvalue weighted by molar-refractivity contribution is 0.156.